The van der Waals surface area contributed by atoms with E-state index in [1.807, 2.05) is 30.3 Å². The number of rotatable bonds is 9. The van der Waals surface area contributed by atoms with Crippen molar-refractivity contribution in [2.75, 3.05) is 20.2 Å². The summed E-state index contributed by atoms with van der Waals surface area (Å²) in [6.45, 7) is 0.813. The van der Waals surface area contributed by atoms with Crippen molar-refractivity contribution in [2.45, 2.75) is 44.4 Å². The first kappa shape index (κ1) is 23.0. The van der Waals surface area contributed by atoms with E-state index < -0.39 is 24.1 Å². The normalized spacial score (nSPS) is 16.4. The van der Waals surface area contributed by atoms with Gasteiger partial charge in [-0.3, -0.25) is 9.79 Å². The first-order valence-corrected chi connectivity index (χ1v) is 9.83. The molecule has 1 aliphatic rings. The summed E-state index contributed by atoms with van der Waals surface area (Å²) in [5.41, 5.74) is 11.5. The Bertz CT molecular complexity index is 751. The molecule has 2 amide bonds. The Morgan fingerprint density at radius 2 is 2.00 bits per heavy atom. The number of ether oxygens (including phenoxy) is 2. The van der Waals surface area contributed by atoms with Crippen LogP contribution in [0.3, 0.4) is 0 Å². The molecule has 30 heavy (non-hydrogen) atoms. The summed E-state index contributed by atoms with van der Waals surface area (Å²) < 4.78 is 10.0. The highest BCUT2D eigenvalue weighted by atomic mass is 16.5. The molecule has 0 aliphatic carbocycles. The van der Waals surface area contributed by atoms with Crippen molar-refractivity contribution >= 4 is 23.9 Å². The van der Waals surface area contributed by atoms with E-state index in [1.54, 1.807) is 0 Å². The zero-order valence-electron chi connectivity index (χ0n) is 17.1. The van der Waals surface area contributed by atoms with Crippen molar-refractivity contribution in [3.05, 3.63) is 35.9 Å². The summed E-state index contributed by atoms with van der Waals surface area (Å²) in [6.07, 6.45) is 1.25. The third kappa shape index (κ3) is 6.94. The largest absolute Gasteiger partial charge is 0.467 e. The highest BCUT2D eigenvalue weighted by Crippen LogP contribution is 2.20. The van der Waals surface area contributed by atoms with E-state index in [-0.39, 0.29) is 18.5 Å². The Morgan fingerprint density at radius 3 is 2.67 bits per heavy atom. The Hall–Kier alpha value is -3.30. The molecule has 5 N–H and O–H groups in total. The molecule has 0 aromatic heterocycles. The van der Waals surface area contributed by atoms with Gasteiger partial charge in [-0.2, -0.15) is 0 Å². The predicted molar refractivity (Wildman–Crippen MR) is 110 cm³/mol. The van der Waals surface area contributed by atoms with Gasteiger partial charge in [0.25, 0.3) is 0 Å². The van der Waals surface area contributed by atoms with Crippen LogP contribution in [0.2, 0.25) is 0 Å². The maximum Gasteiger partial charge on any atom is 0.408 e. The van der Waals surface area contributed by atoms with Crippen molar-refractivity contribution in [2.24, 2.45) is 16.5 Å². The number of esters is 1. The average Bonchev–Trinajstić information content (AvgIpc) is 3.23. The summed E-state index contributed by atoms with van der Waals surface area (Å²) >= 11 is 0. The van der Waals surface area contributed by atoms with Gasteiger partial charge in [0.2, 0.25) is 5.91 Å². The number of alkyl carbamates (subject to hydrolysis) is 1. The topological polar surface area (TPSA) is 149 Å². The second kappa shape index (κ2) is 11.6. The van der Waals surface area contributed by atoms with Crippen molar-refractivity contribution in [3.8, 4) is 0 Å². The molecule has 0 spiro atoms. The maximum absolute atomic E-state index is 13.1. The number of hydrogen-bond acceptors (Lipinski definition) is 6. The van der Waals surface area contributed by atoms with Gasteiger partial charge >= 0.3 is 12.1 Å². The molecule has 2 atom stereocenters. The number of benzene rings is 1. The fraction of sp³-hybridized carbons (Fsp3) is 0.500. The van der Waals surface area contributed by atoms with E-state index >= 15 is 0 Å². The SMILES string of the molecule is COC(=O)[C@@H]1CCCN1C(=O)[C@H](CCCN=C(N)N)NC(=O)OCc1ccccc1. The molecule has 1 fully saturated rings. The van der Waals surface area contributed by atoms with Crippen LogP contribution in [0.15, 0.2) is 35.3 Å². The number of guanidine groups is 1. The van der Waals surface area contributed by atoms with Gasteiger partial charge in [0, 0.05) is 13.1 Å². The highest BCUT2D eigenvalue weighted by Gasteiger charge is 2.38. The Balaban J connectivity index is 2.01. The molecule has 10 nitrogen and oxygen atoms in total. The number of carbonyl (C=O) groups is 3. The third-order valence-electron chi connectivity index (χ3n) is 4.76. The van der Waals surface area contributed by atoms with Gasteiger partial charge in [-0.05, 0) is 31.2 Å². The van der Waals surface area contributed by atoms with Gasteiger partial charge in [-0.1, -0.05) is 30.3 Å². The minimum absolute atomic E-state index is 0.0431. The number of methoxy groups -OCH3 is 1. The lowest BCUT2D eigenvalue weighted by Crippen LogP contribution is -2.52. The molecule has 0 bridgehead atoms. The van der Waals surface area contributed by atoms with Crippen LogP contribution < -0.4 is 16.8 Å². The average molecular weight is 419 g/mol. The maximum atomic E-state index is 13.1. The van der Waals surface area contributed by atoms with Gasteiger partial charge in [0.1, 0.15) is 18.7 Å². The fourth-order valence-corrected chi connectivity index (χ4v) is 3.28. The number of aliphatic imine (C=N–C) groups is 1. The van der Waals surface area contributed by atoms with E-state index in [1.165, 1.54) is 12.0 Å². The zero-order chi connectivity index (χ0) is 21.9. The molecule has 0 radical (unpaired) electrons. The van der Waals surface area contributed by atoms with E-state index in [0.29, 0.717) is 38.8 Å². The first-order valence-electron chi connectivity index (χ1n) is 9.83. The van der Waals surface area contributed by atoms with Crippen molar-refractivity contribution < 1.29 is 23.9 Å². The van der Waals surface area contributed by atoms with Crippen LogP contribution in [0.1, 0.15) is 31.2 Å². The molecule has 2 rings (SSSR count). The molecule has 10 heteroatoms. The number of nitrogens with zero attached hydrogens (tertiary/aromatic N) is 2. The lowest BCUT2D eigenvalue weighted by molar-refractivity contribution is -0.151. The van der Waals surface area contributed by atoms with Crippen LogP contribution in [0.5, 0.6) is 0 Å². The minimum Gasteiger partial charge on any atom is -0.467 e. The molecule has 1 heterocycles. The van der Waals surface area contributed by atoms with Crippen LogP contribution in [-0.4, -0.2) is 61.1 Å². The second-order valence-corrected chi connectivity index (χ2v) is 6.92. The Morgan fingerprint density at radius 1 is 1.27 bits per heavy atom. The van der Waals surface area contributed by atoms with Crippen molar-refractivity contribution in [1.29, 1.82) is 0 Å². The molecule has 0 saturated carbocycles. The molecular weight excluding hydrogens is 390 g/mol. The van der Waals surface area contributed by atoms with Gasteiger partial charge in [0.05, 0.1) is 7.11 Å². The first-order chi connectivity index (χ1) is 14.4. The van der Waals surface area contributed by atoms with Crippen LogP contribution in [0.25, 0.3) is 0 Å². The number of nitrogens with one attached hydrogen (secondary N) is 1. The molecule has 0 unspecified atom stereocenters. The van der Waals surface area contributed by atoms with Gasteiger partial charge in [-0.15, -0.1) is 0 Å². The van der Waals surface area contributed by atoms with Crippen molar-refractivity contribution in [3.63, 3.8) is 0 Å². The number of hydrogen-bond donors (Lipinski definition) is 3. The predicted octanol–water partition coefficient (Wildman–Crippen LogP) is 0.499. The second-order valence-electron chi connectivity index (χ2n) is 6.92. The number of amides is 2. The Labute approximate surface area is 175 Å². The molecule has 1 aromatic rings. The number of likely N-dealkylation sites (tertiary alicyclic amines) is 1. The summed E-state index contributed by atoms with van der Waals surface area (Å²) in [6, 6.07) is 7.69. The number of nitrogens with two attached hydrogens (primary N) is 2. The molecule has 1 saturated heterocycles. The van der Waals surface area contributed by atoms with Crippen molar-refractivity contribution in [1.82, 2.24) is 10.2 Å². The van der Waals surface area contributed by atoms with Crippen LogP contribution in [0, 0.1) is 0 Å². The lowest BCUT2D eigenvalue weighted by atomic mass is 10.1. The summed E-state index contributed by atoms with van der Waals surface area (Å²) in [5, 5.41) is 2.61. The van der Waals surface area contributed by atoms with Gasteiger partial charge in [0.15, 0.2) is 5.96 Å². The molecule has 164 valence electrons. The third-order valence-corrected chi connectivity index (χ3v) is 4.76. The van der Waals surface area contributed by atoms with Crippen LogP contribution >= 0.6 is 0 Å². The molecule has 1 aromatic carbocycles. The minimum atomic E-state index is -0.868. The van der Waals surface area contributed by atoms with E-state index in [0.717, 1.165) is 5.56 Å². The van der Waals surface area contributed by atoms with Crippen LogP contribution in [-0.2, 0) is 25.7 Å². The zero-order valence-corrected chi connectivity index (χ0v) is 17.1. The molecular formula is C20H29N5O5. The van der Waals surface area contributed by atoms with Crippen LogP contribution in [0.4, 0.5) is 4.79 Å². The van der Waals surface area contributed by atoms with E-state index in [9.17, 15) is 14.4 Å². The monoisotopic (exact) mass is 419 g/mol. The van der Waals surface area contributed by atoms with Gasteiger partial charge < -0.3 is 31.2 Å². The number of carbonyl (C=O) groups excluding carboxylic acids is 3. The smallest absolute Gasteiger partial charge is 0.408 e. The summed E-state index contributed by atoms with van der Waals surface area (Å²) in [4.78, 5) is 42.7. The quantitative estimate of drug-likeness (QED) is 0.228. The Kier molecular flexibility index (Phi) is 8.92. The van der Waals surface area contributed by atoms with Gasteiger partial charge in [-0.25, -0.2) is 9.59 Å². The van der Waals surface area contributed by atoms with E-state index in [4.69, 9.17) is 20.9 Å². The lowest BCUT2D eigenvalue weighted by Gasteiger charge is -2.27. The summed E-state index contributed by atoms with van der Waals surface area (Å²) in [7, 11) is 1.29. The standard InChI is InChI=1S/C20H29N5O5/c1-29-18(27)16-10-6-12-25(16)17(26)15(9-5-11-23-19(21)22)24-20(28)30-13-14-7-3-2-4-8-14/h2-4,7-8,15-16H,5-6,9-13H2,1H3,(H,24,28)(H4,21,22,23)/t15-,16-/m0/s1. The molecule has 1 aliphatic heterocycles. The summed E-state index contributed by atoms with van der Waals surface area (Å²) in [5.74, 6) is -0.866. The van der Waals surface area contributed by atoms with E-state index in [2.05, 4.69) is 10.3 Å². The fourth-order valence-electron chi connectivity index (χ4n) is 3.28. The highest BCUT2D eigenvalue weighted by molar-refractivity contribution is 5.90.